The van der Waals surface area contributed by atoms with Gasteiger partial charge < -0.3 is 21.7 Å². The summed E-state index contributed by atoms with van der Waals surface area (Å²) in [7, 11) is 0. The Bertz CT molecular complexity index is 316. The van der Waals surface area contributed by atoms with Crippen molar-refractivity contribution in [2.24, 2.45) is 16.9 Å². The average molecular weight is 329 g/mol. The first kappa shape index (κ1) is 21.6. The maximum atomic E-state index is 12.3. The van der Waals surface area contributed by atoms with Crippen LogP contribution in [0, 0.1) is 5.41 Å². The summed E-state index contributed by atoms with van der Waals surface area (Å²) in [5.41, 5.74) is 10.5. The van der Waals surface area contributed by atoms with Gasteiger partial charge in [-0.05, 0) is 19.3 Å². The van der Waals surface area contributed by atoms with Gasteiger partial charge in [-0.1, -0.05) is 13.8 Å². The molecule has 1 saturated heterocycles. The van der Waals surface area contributed by atoms with E-state index in [0.717, 1.165) is 19.3 Å². The lowest BCUT2D eigenvalue weighted by Crippen LogP contribution is -2.49. The van der Waals surface area contributed by atoms with E-state index in [1.165, 1.54) is 0 Å². The van der Waals surface area contributed by atoms with Gasteiger partial charge in [0.1, 0.15) is 0 Å². The summed E-state index contributed by atoms with van der Waals surface area (Å²) in [5.74, 6) is -0.00804. The SMILES string of the molecule is CCC(CC)(CN)C(=O)NC1CCN(C(N)=O)C1.Cl.Cl. The third kappa shape index (κ3) is 4.68. The van der Waals surface area contributed by atoms with Crippen LogP contribution >= 0.6 is 24.8 Å². The van der Waals surface area contributed by atoms with E-state index in [4.69, 9.17) is 11.5 Å². The van der Waals surface area contributed by atoms with Crippen molar-refractivity contribution in [3.05, 3.63) is 0 Å². The van der Waals surface area contributed by atoms with Crippen LogP contribution in [-0.4, -0.2) is 42.5 Å². The summed E-state index contributed by atoms with van der Waals surface area (Å²) in [5, 5.41) is 2.99. The standard InChI is InChI=1S/C12H24N4O2.2ClH/c1-3-12(4-2,8-13)10(17)15-9-5-6-16(7-9)11(14)18;;/h9H,3-8,13H2,1-2H3,(H2,14,18)(H,15,17);2*1H. The predicted molar refractivity (Wildman–Crippen MR) is 84.3 cm³/mol. The van der Waals surface area contributed by atoms with Gasteiger partial charge in [0.2, 0.25) is 5.91 Å². The van der Waals surface area contributed by atoms with Crippen molar-refractivity contribution in [2.75, 3.05) is 19.6 Å². The van der Waals surface area contributed by atoms with E-state index in [0.29, 0.717) is 19.6 Å². The minimum Gasteiger partial charge on any atom is -0.351 e. The van der Waals surface area contributed by atoms with Gasteiger partial charge in [-0.2, -0.15) is 0 Å². The Labute approximate surface area is 132 Å². The van der Waals surface area contributed by atoms with Gasteiger partial charge in [-0.25, -0.2) is 4.79 Å². The lowest BCUT2D eigenvalue weighted by molar-refractivity contribution is -0.131. The van der Waals surface area contributed by atoms with Crippen LogP contribution in [0.4, 0.5) is 4.79 Å². The molecule has 1 fully saturated rings. The molecule has 3 amide bonds. The van der Waals surface area contributed by atoms with E-state index in [-0.39, 0.29) is 36.8 Å². The van der Waals surface area contributed by atoms with Crippen molar-refractivity contribution >= 4 is 36.8 Å². The molecule has 1 rings (SSSR count). The van der Waals surface area contributed by atoms with Gasteiger partial charge in [-0.3, -0.25) is 4.79 Å². The van der Waals surface area contributed by atoms with Gasteiger partial charge in [0.05, 0.1) is 5.41 Å². The molecule has 1 aliphatic rings. The van der Waals surface area contributed by atoms with E-state index in [1.807, 2.05) is 13.8 Å². The zero-order chi connectivity index (χ0) is 13.8. The molecule has 0 aromatic carbocycles. The second-order valence-electron chi connectivity index (χ2n) is 4.93. The van der Waals surface area contributed by atoms with E-state index < -0.39 is 11.4 Å². The van der Waals surface area contributed by atoms with Crippen LogP contribution < -0.4 is 16.8 Å². The number of nitrogens with two attached hydrogens (primary N) is 2. The molecule has 1 heterocycles. The predicted octanol–water partition coefficient (Wildman–Crippen LogP) is 0.864. The van der Waals surface area contributed by atoms with Crippen molar-refractivity contribution in [3.8, 4) is 0 Å². The van der Waals surface area contributed by atoms with Crippen LogP contribution in [0.5, 0.6) is 0 Å². The van der Waals surface area contributed by atoms with Gasteiger partial charge in [0, 0.05) is 25.7 Å². The number of amides is 3. The number of urea groups is 1. The zero-order valence-electron chi connectivity index (χ0n) is 12.1. The Hall–Kier alpha value is -0.720. The quantitative estimate of drug-likeness (QED) is 0.697. The van der Waals surface area contributed by atoms with Crippen molar-refractivity contribution in [2.45, 2.75) is 39.2 Å². The van der Waals surface area contributed by atoms with Crippen LogP contribution in [-0.2, 0) is 4.79 Å². The first-order valence-electron chi connectivity index (χ1n) is 6.54. The molecule has 0 aliphatic carbocycles. The molecular weight excluding hydrogens is 303 g/mol. The molecule has 8 heteroatoms. The highest BCUT2D eigenvalue weighted by Gasteiger charge is 2.36. The average Bonchev–Trinajstić information content (AvgIpc) is 2.81. The third-order valence-electron chi connectivity index (χ3n) is 4.06. The number of rotatable bonds is 5. The minimum absolute atomic E-state index is 0. The molecule has 5 N–H and O–H groups in total. The maximum absolute atomic E-state index is 12.3. The number of hydrogen-bond donors (Lipinski definition) is 3. The number of carbonyl (C=O) groups excluding carboxylic acids is 2. The van der Waals surface area contributed by atoms with E-state index >= 15 is 0 Å². The minimum atomic E-state index is -0.486. The summed E-state index contributed by atoms with van der Waals surface area (Å²) in [4.78, 5) is 24.8. The molecule has 0 saturated carbocycles. The molecule has 120 valence electrons. The second-order valence-corrected chi connectivity index (χ2v) is 4.93. The summed E-state index contributed by atoms with van der Waals surface area (Å²) in [6.07, 6.45) is 2.19. The molecule has 1 atom stereocenters. The number of carbonyl (C=O) groups is 2. The fourth-order valence-corrected chi connectivity index (χ4v) is 2.37. The Morgan fingerprint density at radius 3 is 2.20 bits per heavy atom. The molecule has 20 heavy (non-hydrogen) atoms. The number of halogens is 2. The number of hydrogen-bond acceptors (Lipinski definition) is 3. The van der Waals surface area contributed by atoms with Crippen molar-refractivity contribution in [1.82, 2.24) is 10.2 Å². The summed E-state index contributed by atoms with van der Waals surface area (Å²) >= 11 is 0. The summed E-state index contributed by atoms with van der Waals surface area (Å²) in [6.45, 7) is 5.39. The lowest BCUT2D eigenvalue weighted by Gasteiger charge is -2.30. The highest BCUT2D eigenvalue weighted by molar-refractivity contribution is 5.85. The lowest BCUT2D eigenvalue weighted by atomic mass is 9.81. The van der Waals surface area contributed by atoms with Crippen molar-refractivity contribution < 1.29 is 9.59 Å². The van der Waals surface area contributed by atoms with Gasteiger partial charge in [0.15, 0.2) is 0 Å². The molecule has 6 nitrogen and oxygen atoms in total. The van der Waals surface area contributed by atoms with Crippen molar-refractivity contribution in [3.63, 3.8) is 0 Å². The second kappa shape index (κ2) is 9.26. The van der Waals surface area contributed by atoms with Gasteiger partial charge in [0.25, 0.3) is 0 Å². The molecule has 0 aromatic heterocycles. The largest absolute Gasteiger partial charge is 0.351 e. The van der Waals surface area contributed by atoms with Crippen LogP contribution in [0.15, 0.2) is 0 Å². The Morgan fingerprint density at radius 1 is 1.30 bits per heavy atom. The third-order valence-corrected chi connectivity index (χ3v) is 4.06. The smallest absolute Gasteiger partial charge is 0.314 e. The molecule has 0 aromatic rings. The Morgan fingerprint density at radius 2 is 1.85 bits per heavy atom. The molecule has 1 unspecified atom stereocenters. The van der Waals surface area contributed by atoms with Crippen LogP contribution in [0.25, 0.3) is 0 Å². The normalized spacial score (nSPS) is 17.9. The fraction of sp³-hybridized carbons (Fsp3) is 0.833. The molecule has 0 spiro atoms. The molecule has 0 bridgehead atoms. The van der Waals surface area contributed by atoms with Crippen molar-refractivity contribution in [1.29, 1.82) is 0 Å². The van der Waals surface area contributed by atoms with Gasteiger partial charge in [-0.15, -0.1) is 24.8 Å². The van der Waals surface area contributed by atoms with Gasteiger partial charge >= 0.3 is 6.03 Å². The molecule has 0 radical (unpaired) electrons. The topological polar surface area (TPSA) is 101 Å². The first-order valence-corrected chi connectivity index (χ1v) is 6.54. The maximum Gasteiger partial charge on any atom is 0.314 e. The fourth-order valence-electron chi connectivity index (χ4n) is 2.37. The summed E-state index contributed by atoms with van der Waals surface area (Å²) < 4.78 is 0. The monoisotopic (exact) mass is 328 g/mol. The van der Waals surface area contributed by atoms with E-state index in [2.05, 4.69) is 5.32 Å². The zero-order valence-corrected chi connectivity index (χ0v) is 13.7. The number of likely N-dealkylation sites (tertiary alicyclic amines) is 1. The highest BCUT2D eigenvalue weighted by atomic mass is 35.5. The van der Waals surface area contributed by atoms with Crippen LogP contribution in [0.1, 0.15) is 33.1 Å². The number of primary amides is 1. The Balaban J connectivity index is 0. The molecule has 1 aliphatic heterocycles. The van der Waals surface area contributed by atoms with Crippen LogP contribution in [0.3, 0.4) is 0 Å². The number of nitrogens with zero attached hydrogens (tertiary/aromatic N) is 1. The summed E-state index contributed by atoms with van der Waals surface area (Å²) in [6, 6.07) is -0.433. The molecular formula is C12H26Cl2N4O2. The highest BCUT2D eigenvalue weighted by Crippen LogP contribution is 2.25. The van der Waals surface area contributed by atoms with Crippen LogP contribution in [0.2, 0.25) is 0 Å². The van der Waals surface area contributed by atoms with E-state index in [1.54, 1.807) is 4.90 Å². The number of nitrogens with one attached hydrogen (secondary N) is 1. The van der Waals surface area contributed by atoms with E-state index in [9.17, 15) is 9.59 Å². The Kier molecular flexibility index (Phi) is 9.99. The first-order chi connectivity index (χ1) is 8.49.